The van der Waals surface area contributed by atoms with Gasteiger partial charge >= 0.3 is 0 Å². The average molecular weight is 365 g/mol. The van der Waals surface area contributed by atoms with Gasteiger partial charge in [0.25, 0.3) is 5.56 Å². The van der Waals surface area contributed by atoms with Crippen LogP contribution in [0.15, 0.2) is 59.4 Å². The normalized spacial score (nSPS) is 19.7. The van der Waals surface area contributed by atoms with E-state index in [0.29, 0.717) is 22.0 Å². The van der Waals surface area contributed by atoms with Gasteiger partial charge in [0.05, 0.1) is 11.4 Å². The first-order valence-electron chi connectivity index (χ1n) is 9.54. The lowest BCUT2D eigenvalue weighted by Crippen LogP contribution is -2.30. The molecular formula is C22H24FN3O. The van der Waals surface area contributed by atoms with Crippen LogP contribution in [-0.4, -0.2) is 34.8 Å². The Morgan fingerprint density at radius 2 is 1.70 bits per heavy atom. The second kappa shape index (κ2) is 7.61. The van der Waals surface area contributed by atoms with Crippen molar-refractivity contribution in [2.45, 2.75) is 31.5 Å². The van der Waals surface area contributed by atoms with E-state index in [9.17, 15) is 4.79 Å². The number of likely N-dealkylation sites (tertiary alicyclic amines) is 1. The van der Waals surface area contributed by atoms with Crippen LogP contribution in [0, 0.1) is 0 Å². The fraction of sp³-hybridized carbons (Fsp3) is 0.364. The van der Waals surface area contributed by atoms with Crippen molar-refractivity contribution in [1.29, 1.82) is 0 Å². The summed E-state index contributed by atoms with van der Waals surface area (Å²) in [7, 11) is 2.09. The van der Waals surface area contributed by atoms with E-state index in [-0.39, 0.29) is 11.6 Å². The first kappa shape index (κ1) is 17.9. The van der Waals surface area contributed by atoms with E-state index in [2.05, 4.69) is 17.0 Å². The molecule has 0 aliphatic carbocycles. The van der Waals surface area contributed by atoms with Gasteiger partial charge in [-0.15, -0.1) is 0 Å². The second-order valence-electron chi connectivity index (χ2n) is 7.34. The number of alkyl halides is 1. The van der Waals surface area contributed by atoms with Crippen LogP contribution < -0.4 is 5.56 Å². The van der Waals surface area contributed by atoms with Crippen molar-refractivity contribution in [3.8, 4) is 0 Å². The molecule has 27 heavy (non-hydrogen) atoms. The number of hydrogen-bond donors (Lipinski definition) is 0. The summed E-state index contributed by atoms with van der Waals surface area (Å²) in [4.78, 5) is 15.4. The van der Waals surface area contributed by atoms with E-state index in [0.717, 1.165) is 32.4 Å². The fourth-order valence-corrected chi connectivity index (χ4v) is 3.91. The first-order chi connectivity index (χ1) is 13.1. The number of halogens is 1. The van der Waals surface area contributed by atoms with Crippen LogP contribution in [0.5, 0.6) is 0 Å². The molecule has 2 heterocycles. The molecule has 1 aliphatic rings. The summed E-state index contributed by atoms with van der Waals surface area (Å²) in [5.74, 6) is 0. The van der Waals surface area contributed by atoms with Gasteiger partial charge in [-0.25, -0.2) is 9.07 Å². The highest BCUT2D eigenvalue weighted by Gasteiger charge is 2.24. The van der Waals surface area contributed by atoms with Crippen LogP contribution in [0.25, 0.3) is 10.8 Å². The van der Waals surface area contributed by atoms with E-state index in [1.54, 1.807) is 28.9 Å². The Balaban J connectivity index is 1.86. The number of hydrogen-bond acceptors (Lipinski definition) is 3. The number of nitrogens with zero attached hydrogens (tertiary/aromatic N) is 3. The minimum Gasteiger partial charge on any atom is -0.306 e. The molecule has 5 heteroatoms. The van der Waals surface area contributed by atoms with Gasteiger partial charge in [0.2, 0.25) is 0 Å². The molecule has 0 saturated carbocycles. The quantitative estimate of drug-likeness (QED) is 0.701. The van der Waals surface area contributed by atoms with Crippen LogP contribution in [0.2, 0.25) is 0 Å². The Morgan fingerprint density at radius 1 is 1.00 bits per heavy atom. The molecule has 3 aromatic rings. The lowest BCUT2D eigenvalue weighted by Gasteiger charge is -2.20. The molecule has 2 aromatic carbocycles. The van der Waals surface area contributed by atoms with Gasteiger partial charge in [0, 0.05) is 5.39 Å². The van der Waals surface area contributed by atoms with Crippen molar-refractivity contribution in [2.24, 2.45) is 0 Å². The smallest absolute Gasteiger partial charge is 0.274 e. The minimum atomic E-state index is -1.36. The van der Waals surface area contributed by atoms with E-state index in [1.165, 1.54) is 0 Å². The molecule has 2 unspecified atom stereocenters. The summed E-state index contributed by atoms with van der Waals surface area (Å²) in [6.07, 6.45) is 1.38. The molecule has 2 atom stereocenters. The maximum Gasteiger partial charge on any atom is 0.274 e. The Hall–Kier alpha value is -2.53. The predicted octanol–water partition coefficient (Wildman–Crippen LogP) is 4.11. The molecule has 1 saturated heterocycles. The molecule has 140 valence electrons. The van der Waals surface area contributed by atoms with E-state index in [4.69, 9.17) is 0 Å². The van der Waals surface area contributed by atoms with Gasteiger partial charge in [-0.1, -0.05) is 48.5 Å². The predicted molar refractivity (Wildman–Crippen MR) is 106 cm³/mol. The van der Waals surface area contributed by atoms with Crippen LogP contribution in [0.3, 0.4) is 0 Å². The lowest BCUT2D eigenvalue weighted by molar-refractivity contribution is 0.328. The fourth-order valence-electron chi connectivity index (χ4n) is 3.91. The van der Waals surface area contributed by atoms with Gasteiger partial charge in [-0.2, -0.15) is 5.10 Å². The van der Waals surface area contributed by atoms with Gasteiger partial charge < -0.3 is 4.90 Å². The molecule has 0 spiro atoms. The highest BCUT2D eigenvalue weighted by Crippen LogP contribution is 2.30. The zero-order chi connectivity index (χ0) is 18.8. The Labute approximate surface area is 158 Å². The zero-order valence-electron chi connectivity index (χ0n) is 15.5. The number of rotatable bonds is 3. The van der Waals surface area contributed by atoms with Gasteiger partial charge in [0.1, 0.15) is 5.69 Å². The van der Waals surface area contributed by atoms with Crippen molar-refractivity contribution in [3.05, 3.63) is 76.2 Å². The summed E-state index contributed by atoms with van der Waals surface area (Å²) in [5.41, 5.74) is 0.763. The maximum absolute atomic E-state index is 15.4. The topological polar surface area (TPSA) is 38.1 Å². The lowest BCUT2D eigenvalue weighted by atomic mass is 10.0. The largest absolute Gasteiger partial charge is 0.306 e. The molecule has 1 aliphatic heterocycles. The van der Waals surface area contributed by atoms with E-state index < -0.39 is 6.17 Å². The van der Waals surface area contributed by atoms with Crippen LogP contribution in [0.4, 0.5) is 4.39 Å². The molecule has 4 rings (SSSR count). The summed E-state index contributed by atoms with van der Waals surface area (Å²) >= 11 is 0. The molecule has 0 radical (unpaired) electrons. The second-order valence-corrected chi connectivity index (χ2v) is 7.34. The molecular weight excluding hydrogens is 341 g/mol. The first-order valence-corrected chi connectivity index (χ1v) is 9.54. The van der Waals surface area contributed by atoms with Crippen molar-refractivity contribution >= 4 is 10.8 Å². The van der Waals surface area contributed by atoms with Gasteiger partial charge in [0.15, 0.2) is 6.17 Å². The molecule has 1 aromatic heterocycles. The molecule has 0 bridgehead atoms. The van der Waals surface area contributed by atoms with Crippen molar-refractivity contribution in [3.63, 3.8) is 0 Å². The third-order valence-corrected chi connectivity index (χ3v) is 5.46. The average Bonchev–Trinajstić information content (AvgIpc) is 2.93. The van der Waals surface area contributed by atoms with Gasteiger partial charge in [-0.05, 0) is 51.0 Å². The van der Waals surface area contributed by atoms with Crippen LogP contribution >= 0.6 is 0 Å². The Morgan fingerprint density at radius 3 is 2.48 bits per heavy atom. The Kier molecular flexibility index (Phi) is 5.03. The Bertz CT molecular complexity index is 986. The van der Waals surface area contributed by atoms with Crippen LogP contribution in [-0.2, 0) is 0 Å². The SMILES string of the molecule is CN1CCCC(n2nc(C(F)c3ccccc3)c3ccccc3c2=O)CC1. The third-order valence-electron chi connectivity index (χ3n) is 5.46. The molecule has 4 nitrogen and oxygen atoms in total. The summed E-state index contributed by atoms with van der Waals surface area (Å²) < 4.78 is 17.0. The molecule has 0 amide bonds. The van der Waals surface area contributed by atoms with Gasteiger partial charge in [-0.3, -0.25) is 4.79 Å². The molecule has 0 N–H and O–H groups in total. The molecule has 1 fully saturated rings. The van der Waals surface area contributed by atoms with E-state index in [1.807, 2.05) is 30.3 Å². The number of aromatic nitrogens is 2. The zero-order valence-corrected chi connectivity index (χ0v) is 15.5. The van der Waals surface area contributed by atoms with Crippen LogP contribution in [0.1, 0.15) is 42.7 Å². The number of fused-ring (bicyclic) bond motifs is 1. The third kappa shape index (κ3) is 3.52. The summed E-state index contributed by atoms with van der Waals surface area (Å²) in [6.45, 7) is 1.93. The summed E-state index contributed by atoms with van der Waals surface area (Å²) in [5, 5.41) is 5.72. The standard InChI is InChI=1S/C22H24FN3O/c1-25-14-7-10-17(13-15-25)26-22(27)19-12-6-5-11-18(19)21(24-26)20(23)16-8-3-2-4-9-16/h2-6,8-9,11-12,17,20H,7,10,13-15H2,1H3. The minimum absolute atomic E-state index is 0.00813. The monoisotopic (exact) mass is 365 g/mol. The van der Waals surface area contributed by atoms with E-state index >= 15 is 4.39 Å². The highest BCUT2D eigenvalue weighted by molar-refractivity contribution is 5.84. The summed E-state index contributed by atoms with van der Waals surface area (Å²) in [6, 6.07) is 16.3. The maximum atomic E-state index is 15.4. The number of benzene rings is 2. The van der Waals surface area contributed by atoms with Crippen molar-refractivity contribution in [1.82, 2.24) is 14.7 Å². The van der Waals surface area contributed by atoms with Crippen molar-refractivity contribution in [2.75, 3.05) is 20.1 Å². The van der Waals surface area contributed by atoms with Crippen molar-refractivity contribution < 1.29 is 4.39 Å². The highest BCUT2D eigenvalue weighted by atomic mass is 19.1.